The Hall–Kier alpha value is -2.95. The number of benzene rings is 2. The molecule has 0 saturated heterocycles. The third-order valence-electron chi connectivity index (χ3n) is 5.38. The maximum absolute atomic E-state index is 11.3. The van der Waals surface area contributed by atoms with E-state index in [1.807, 2.05) is 18.2 Å². The minimum Gasteiger partial charge on any atom is -0.493 e. The number of methoxy groups -OCH3 is 2. The van der Waals surface area contributed by atoms with Crippen LogP contribution in [0.5, 0.6) is 11.5 Å². The predicted octanol–water partition coefficient (Wildman–Crippen LogP) is 4.23. The molecular weight excluding hydrogens is 330 g/mol. The zero-order chi connectivity index (χ0) is 18.3. The van der Waals surface area contributed by atoms with Crippen LogP contribution < -0.4 is 14.8 Å². The number of para-hydroxylation sites is 1. The molecule has 134 valence electrons. The minimum absolute atomic E-state index is 0.0585. The molecule has 1 aliphatic heterocycles. The first-order chi connectivity index (χ1) is 12.6. The molecule has 5 nitrogen and oxygen atoms in total. The average molecular weight is 351 g/mol. The van der Waals surface area contributed by atoms with E-state index in [1.165, 1.54) is 0 Å². The number of allylic oxidation sites excluding steroid dienone is 2. The summed E-state index contributed by atoms with van der Waals surface area (Å²) in [6.45, 7) is 0. The van der Waals surface area contributed by atoms with Crippen LogP contribution in [0.4, 0.5) is 5.69 Å². The Morgan fingerprint density at radius 3 is 2.73 bits per heavy atom. The van der Waals surface area contributed by atoms with Crippen molar-refractivity contribution in [2.45, 2.75) is 18.4 Å². The van der Waals surface area contributed by atoms with Crippen molar-refractivity contribution in [3.63, 3.8) is 0 Å². The zero-order valence-electron chi connectivity index (χ0n) is 14.7. The number of aromatic carboxylic acids is 1. The fourth-order valence-corrected chi connectivity index (χ4v) is 4.19. The van der Waals surface area contributed by atoms with Crippen molar-refractivity contribution in [1.29, 1.82) is 0 Å². The number of ether oxygens (including phenoxy) is 2. The molecule has 0 spiro atoms. The summed E-state index contributed by atoms with van der Waals surface area (Å²) in [5, 5.41) is 12.9. The number of carboxylic acids is 1. The molecule has 5 heteroatoms. The number of rotatable bonds is 4. The summed E-state index contributed by atoms with van der Waals surface area (Å²) < 4.78 is 11.1. The highest BCUT2D eigenvalue weighted by Crippen LogP contribution is 2.52. The van der Waals surface area contributed by atoms with E-state index < -0.39 is 5.97 Å². The maximum Gasteiger partial charge on any atom is 0.335 e. The van der Waals surface area contributed by atoms with E-state index in [0.717, 1.165) is 29.0 Å². The van der Waals surface area contributed by atoms with Gasteiger partial charge in [0.25, 0.3) is 0 Å². The lowest BCUT2D eigenvalue weighted by Gasteiger charge is -2.38. The van der Waals surface area contributed by atoms with E-state index in [9.17, 15) is 9.90 Å². The van der Waals surface area contributed by atoms with Gasteiger partial charge in [0.1, 0.15) is 0 Å². The van der Waals surface area contributed by atoms with E-state index >= 15 is 0 Å². The van der Waals surface area contributed by atoms with Crippen molar-refractivity contribution in [1.82, 2.24) is 0 Å². The largest absolute Gasteiger partial charge is 0.493 e. The van der Waals surface area contributed by atoms with Crippen molar-refractivity contribution in [2.75, 3.05) is 19.5 Å². The van der Waals surface area contributed by atoms with Crippen molar-refractivity contribution >= 4 is 11.7 Å². The van der Waals surface area contributed by atoms with Gasteiger partial charge < -0.3 is 19.9 Å². The van der Waals surface area contributed by atoms with Gasteiger partial charge in [-0.05, 0) is 42.2 Å². The number of carbonyl (C=O) groups is 1. The minimum atomic E-state index is -0.900. The Morgan fingerprint density at radius 1 is 1.15 bits per heavy atom. The Bertz CT molecular complexity index is 890. The van der Waals surface area contributed by atoms with Crippen molar-refractivity contribution < 1.29 is 19.4 Å². The van der Waals surface area contributed by atoms with Crippen LogP contribution in [0.15, 0.2) is 48.6 Å². The molecule has 0 bridgehead atoms. The van der Waals surface area contributed by atoms with E-state index in [-0.39, 0.29) is 12.0 Å². The first kappa shape index (κ1) is 16.5. The van der Waals surface area contributed by atoms with Gasteiger partial charge in [0, 0.05) is 17.2 Å². The van der Waals surface area contributed by atoms with Gasteiger partial charge in [-0.3, -0.25) is 0 Å². The summed E-state index contributed by atoms with van der Waals surface area (Å²) in [5.74, 6) is 1.03. The van der Waals surface area contributed by atoms with Gasteiger partial charge in [-0.15, -0.1) is 0 Å². The molecule has 0 amide bonds. The lowest BCUT2D eigenvalue weighted by atomic mass is 9.76. The van der Waals surface area contributed by atoms with Crippen LogP contribution in [0.1, 0.15) is 39.9 Å². The highest BCUT2D eigenvalue weighted by Gasteiger charge is 2.39. The smallest absolute Gasteiger partial charge is 0.335 e. The number of fused-ring (bicyclic) bond motifs is 3. The summed E-state index contributed by atoms with van der Waals surface area (Å²) in [5.41, 5.74) is 3.39. The third kappa shape index (κ3) is 2.51. The Kier molecular flexibility index (Phi) is 4.07. The predicted molar refractivity (Wildman–Crippen MR) is 99.3 cm³/mol. The third-order valence-corrected chi connectivity index (χ3v) is 5.38. The van der Waals surface area contributed by atoms with Gasteiger partial charge in [0.2, 0.25) is 0 Å². The lowest BCUT2D eigenvalue weighted by Crippen LogP contribution is -2.29. The van der Waals surface area contributed by atoms with Gasteiger partial charge in [0.15, 0.2) is 11.5 Å². The SMILES string of the molecule is COc1cccc([C@H]2Nc3ccc(C(=O)O)cc3[C@H]3C=CC[C@H]32)c1OC. The second-order valence-electron chi connectivity index (χ2n) is 6.67. The van der Waals surface area contributed by atoms with Crippen LogP contribution in [-0.2, 0) is 0 Å². The van der Waals surface area contributed by atoms with E-state index in [4.69, 9.17) is 9.47 Å². The van der Waals surface area contributed by atoms with Crippen LogP contribution in [0.2, 0.25) is 0 Å². The molecule has 2 aromatic rings. The number of hydrogen-bond acceptors (Lipinski definition) is 4. The standard InChI is InChI=1S/C21H21NO4/c1-25-18-8-4-7-15(20(18)26-2)19-14-6-3-5-13(14)16-11-12(21(23)24)9-10-17(16)22-19/h3-5,7-11,13-14,19,22H,6H2,1-2H3,(H,23,24)/t13-,14+,19-/m0/s1. The van der Waals surface area contributed by atoms with Crippen molar-refractivity contribution in [3.8, 4) is 11.5 Å². The number of anilines is 1. The molecule has 1 aliphatic carbocycles. The summed E-state index contributed by atoms with van der Waals surface area (Å²) >= 11 is 0. The summed E-state index contributed by atoms with van der Waals surface area (Å²) in [6.07, 6.45) is 5.30. The summed E-state index contributed by atoms with van der Waals surface area (Å²) in [4.78, 5) is 11.3. The van der Waals surface area contributed by atoms with Crippen molar-refractivity contribution in [2.24, 2.45) is 5.92 Å². The lowest BCUT2D eigenvalue weighted by molar-refractivity contribution is 0.0696. The summed E-state index contributed by atoms with van der Waals surface area (Å²) in [7, 11) is 3.29. The Morgan fingerprint density at radius 2 is 2.00 bits per heavy atom. The molecule has 0 radical (unpaired) electrons. The highest BCUT2D eigenvalue weighted by atomic mass is 16.5. The molecule has 0 unspecified atom stereocenters. The second kappa shape index (κ2) is 6.41. The highest BCUT2D eigenvalue weighted by molar-refractivity contribution is 5.89. The number of carboxylic acid groups (broad SMARTS) is 1. The van der Waals surface area contributed by atoms with Crippen LogP contribution in [0.3, 0.4) is 0 Å². The molecule has 26 heavy (non-hydrogen) atoms. The van der Waals surface area contributed by atoms with Crippen LogP contribution in [0.25, 0.3) is 0 Å². The second-order valence-corrected chi connectivity index (χ2v) is 6.67. The van der Waals surface area contributed by atoms with E-state index in [1.54, 1.807) is 26.4 Å². The molecule has 2 aromatic carbocycles. The molecular formula is C21H21NO4. The molecule has 1 heterocycles. The molecule has 0 aromatic heterocycles. The molecule has 0 fully saturated rings. The van der Waals surface area contributed by atoms with Gasteiger partial charge in [-0.2, -0.15) is 0 Å². The fourth-order valence-electron chi connectivity index (χ4n) is 4.19. The Balaban J connectivity index is 1.81. The van der Waals surface area contributed by atoms with Gasteiger partial charge in [0.05, 0.1) is 25.8 Å². The zero-order valence-corrected chi connectivity index (χ0v) is 14.7. The first-order valence-corrected chi connectivity index (χ1v) is 8.65. The van der Waals surface area contributed by atoms with Gasteiger partial charge in [-0.25, -0.2) is 4.79 Å². The Labute approximate surface area is 152 Å². The average Bonchev–Trinajstić information content (AvgIpc) is 3.16. The monoisotopic (exact) mass is 351 g/mol. The molecule has 2 N–H and O–H groups in total. The topological polar surface area (TPSA) is 67.8 Å². The van der Waals surface area contributed by atoms with Crippen LogP contribution in [-0.4, -0.2) is 25.3 Å². The number of hydrogen-bond donors (Lipinski definition) is 2. The number of nitrogens with one attached hydrogen (secondary N) is 1. The van der Waals surface area contributed by atoms with Crippen LogP contribution >= 0.6 is 0 Å². The molecule has 0 saturated carbocycles. The van der Waals surface area contributed by atoms with E-state index in [0.29, 0.717) is 17.2 Å². The van der Waals surface area contributed by atoms with Gasteiger partial charge >= 0.3 is 5.97 Å². The normalized spacial score (nSPS) is 22.9. The molecule has 2 aliphatic rings. The van der Waals surface area contributed by atoms with Crippen molar-refractivity contribution in [3.05, 3.63) is 65.2 Å². The van der Waals surface area contributed by atoms with Crippen LogP contribution in [0, 0.1) is 5.92 Å². The quantitative estimate of drug-likeness (QED) is 0.807. The van der Waals surface area contributed by atoms with Gasteiger partial charge in [-0.1, -0.05) is 24.3 Å². The molecule has 3 atom stereocenters. The van der Waals surface area contributed by atoms with E-state index in [2.05, 4.69) is 23.5 Å². The fraction of sp³-hybridized carbons (Fsp3) is 0.286. The summed E-state index contributed by atoms with van der Waals surface area (Å²) in [6, 6.07) is 11.3. The molecule has 4 rings (SSSR count). The first-order valence-electron chi connectivity index (χ1n) is 8.65. The maximum atomic E-state index is 11.3.